The van der Waals surface area contributed by atoms with Crippen molar-refractivity contribution in [1.82, 2.24) is 40.2 Å². The molecule has 1 N–H and O–H groups in total. The van der Waals surface area contributed by atoms with Crippen LogP contribution in [-0.2, 0) is 17.9 Å². The van der Waals surface area contributed by atoms with Gasteiger partial charge < -0.3 is 5.32 Å². The van der Waals surface area contributed by atoms with Crippen molar-refractivity contribution in [2.24, 2.45) is 0 Å². The Morgan fingerprint density at radius 1 is 1.21 bits per heavy atom. The Bertz CT molecular complexity index is 913. The Hall–Kier alpha value is -3.07. The third-order valence-corrected chi connectivity index (χ3v) is 4.96. The molecule has 1 aliphatic rings. The maximum Gasteiger partial charge on any atom is 0.242 e. The normalized spacial score (nSPS) is 15.6. The standard InChI is InChI=1S/C19H24N8O/c1-15(16-11-20-26(12-16)17-7-3-2-4-8-17)21-19(28)14-27-18(22-23-24-27)13-25-9-5-6-10-25/h2-4,7-8,11-12,15H,5-6,9-10,13-14H2,1H3,(H,21,28)/t15-/m1/s1. The molecule has 2 aromatic heterocycles. The second-order valence-corrected chi connectivity index (χ2v) is 7.08. The second kappa shape index (κ2) is 8.30. The van der Waals surface area contributed by atoms with Gasteiger partial charge >= 0.3 is 0 Å². The summed E-state index contributed by atoms with van der Waals surface area (Å²) < 4.78 is 3.38. The fraction of sp³-hybridized carbons (Fsp3) is 0.421. The van der Waals surface area contributed by atoms with E-state index < -0.39 is 0 Å². The van der Waals surface area contributed by atoms with E-state index in [0.29, 0.717) is 6.54 Å². The maximum absolute atomic E-state index is 12.5. The van der Waals surface area contributed by atoms with E-state index in [1.807, 2.05) is 43.5 Å². The van der Waals surface area contributed by atoms with E-state index in [4.69, 9.17) is 0 Å². The van der Waals surface area contributed by atoms with Gasteiger partial charge in [-0.25, -0.2) is 9.36 Å². The van der Waals surface area contributed by atoms with Crippen LogP contribution < -0.4 is 5.32 Å². The first kappa shape index (κ1) is 18.3. The molecular formula is C19H24N8O. The summed E-state index contributed by atoms with van der Waals surface area (Å²) in [6.45, 7) is 4.84. The fourth-order valence-corrected chi connectivity index (χ4v) is 3.39. The number of likely N-dealkylation sites (tertiary alicyclic amines) is 1. The highest BCUT2D eigenvalue weighted by atomic mass is 16.2. The summed E-state index contributed by atoms with van der Waals surface area (Å²) in [6, 6.07) is 9.71. The molecule has 1 fully saturated rings. The molecule has 28 heavy (non-hydrogen) atoms. The minimum atomic E-state index is -0.163. The summed E-state index contributed by atoms with van der Waals surface area (Å²) in [5, 5.41) is 19.2. The Balaban J connectivity index is 1.35. The van der Waals surface area contributed by atoms with E-state index in [1.165, 1.54) is 12.8 Å². The van der Waals surface area contributed by atoms with Crippen molar-refractivity contribution in [3.63, 3.8) is 0 Å². The molecular weight excluding hydrogens is 356 g/mol. The van der Waals surface area contributed by atoms with Gasteiger partial charge in [-0.15, -0.1) is 5.10 Å². The minimum Gasteiger partial charge on any atom is -0.348 e. The number of carbonyl (C=O) groups is 1. The summed E-state index contributed by atoms with van der Waals surface area (Å²) in [5.41, 5.74) is 1.92. The molecule has 0 unspecified atom stereocenters. The second-order valence-electron chi connectivity index (χ2n) is 7.08. The highest BCUT2D eigenvalue weighted by Crippen LogP contribution is 2.15. The largest absolute Gasteiger partial charge is 0.348 e. The number of rotatable bonds is 7. The molecule has 0 spiro atoms. The highest BCUT2D eigenvalue weighted by molar-refractivity contribution is 5.76. The zero-order chi connectivity index (χ0) is 19.3. The van der Waals surface area contributed by atoms with E-state index in [-0.39, 0.29) is 18.5 Å². The Kier molecular flexibility index (Phi) is 5.43. The number of para-hydroxylation sites is 1. The monoisotopic (exact) mass is 380 g/mol. The van der Waals surface area contributed by atoms with E-state index in [1.54, 1.807) is 15.6 Å². The van der Waals surface area contributed by atoms with Crippen LogP contribution in [-0.4, -0.2) is 53.9 Å². The SMILES string of the molecule is C[C@@H](NC(=O)Cn1nnnc1CN1CCCC1)c1cnn(-c2ccccc2)c1. The van der Waals surface area contributed by atoms with Crippen LogP contribution in [0.5, 0.6) is 0 Å². The zero-order valence-electron chi connectivity index (χ0n) is 15.9. The quantitative estimate of drug-likeness (QED) is 0.665. The van der Waals surface area contributed by atoms with Gasteiger partial charge in [0.25, 0.3) is 0 Å². The third-order valence-electron chi connectivity index (χ3n) is 4.96. The zero-order valence-corrected chi connectivity index (χ0v) is 15.9. The highest BCUT2D eigenvalue weighted by Gasteiger charge is 2.18. The van der Waals surface area contributed by atoms with Gasteiger partial charge in [0.2, 0.25) is 5.91 Å². The lowest BCUT2D eigenvalue weighted by Gasteiger charge is -2.15. The molecule has 1 atom stereocenters. The van der Waals surface area contributed by atoms with Gasteiger partial charge in [0.15, 0.2) is 5.82 Å². The van der Waals surface area contributed by atoms with Gasteiger partial charge in [0.05, 0.1) is 24.5 Å². The third kappa shape index (κ3) is 4.25. The van der Waals surface area contributed by atoms with E-state index in [2.05, 4.69) is 30.8 Å². The molecule has 1 amide bonds. The van der Waals surface area contributed by atoms with Crippen LogP contribution in [0.25, 0.3) is 5.69 Å². The van der Waals surface area contributed by atoms with Crippen LogP contribution in [0, 0.1) is 0 Å². The molecule has 0 radical (unpaired) electrons. The topological polar surface area (TPSA) is 93.8 Å². The van der Waals surface area contributed by atoms with Gasteiger partial charge in [-0.05, 0) is 55.4 Å². The molecule has 0 aliphatic carbocycles. The average molecular weight is 380 g/mol. The summed E-state index contributed by atoms with van der Waals surface area (Å²) >= 11 is 0. The van der Waals surface area contributed by atoms with Crippen molar-refractivity contribution < 1.29 is 4.79 Å². The molecule has 9 heteroatoms. The van der Waals surface area contributed by atoms with Crippen molar-refractivity contribution in [1.29, 1.82) is 0 Å². The number of hydrogen-bond donors (Lipinski definition) is 1. The van der Waals surface area contributed by atoms with Crippen LogP contribution >= 0.6 is 0 Å². The van der Waals surface area contributed by atoms with E-state index >= 15 is 0 Å². The molecule has 3 heterocycles. The molecule has 146 valence electrons. The lowest BCUT2D eigenvalue weighted by molar-refractivity contribution is -0.122. The number of carbonyl (C=O) groups excluding carboxylic acids is 1. The lowest BCUT2D eigenvalue weighted by Crippen LogP contribution is -2.31. The Morgan fingerprint density at radius 3 is 2.79 bits per heavy atom. The number of tetrazole rings is 1. The van der Waals surface area contributed by atoms with E-state index in [0.717, 1.165) is 30.2 Å². The number of hydrogen-bond acceptors (Lipinski definition) is 6. The van der Waals surface area contributed by atoms with Crippen LogP contribution in [0.1, 0.15) is 37.2 Å². The number of nitrogens with zero attached hydrogens (tertiary/aromatic N) is 7. The average Bonchev–Trinajstić information content (AvgIpc) is 3.45. The molecule has 0 saturated carbocycles. The van der Waals surface area contributed by atoms with Gasteiger partial charge in [-0.1, -0.05) is 18.2 Å². The van der Waals surface area contributed by atoms with Crippen LogP contribution in [0.2, 0.25) is 0 Å². The molecule has 1 saturated heterocycles. The summed E-state index contributed by atoms with van der Waals surface area (Å²) in [6.07, 6.45) is 6.11. The lowest BCUT2D eigenvalue weighted by atomic mass is 10.2. The molecule has 3 aromatic rings. The Morgan fingerprint density at radius 2 is 2.00 bits per heavy atom. The van der Waals surface area contributed by atoms with Crippen LogP contribution in [0.15, 0.2) is 42.7 Å². The first-order valence-corrected chi connectivity index (χ1v) is 9.56. The molecule has 9 nitrogen and oxygen atoms in total. The summed E-state index contributed by atoms with van der Waals surface area (Å²) in [4.78, 5) is 14.8. The summed E-state index contributed by atoms with van der Waals surface area (Å²) in [5.74, 6) is 0.594. The number of benzene rings is 1. The Labute approximate surface area is 163 Å². The smallest absolute Gasteiger partial charge is 0.242 e. The van der Waals surface area contributed by atoms with Crippen molar-refractivity contribution in [2.75, 3.05) is 13.1 Å². The summed E-state index contributed by atoms with van der Waals surface area (Å²) in [7, 11) is 0. The molecule has 4 rings (SSSR count). The first-order chi connectivity index (χ1) is 13.7. The van der Waals surface area contributed by atoms with Gasteiger partial charge in [-0.3, -0.25) is 9.69 Å². The molecule has 0 bridgehead atoms. The number of amides is 1. The van der Waals surface area contributed by atoms with Crippen molar-refractivity contribution >= 4 is 5.91 Å². The predicted octanol–water partition coefficient (Wildman–Crippen LogP) is 1.33. The van der Waals surface area contributed by atoms with Gasteiger partial charge in [-0.2, -0.15) is 5.10 Å². The molecule has 1 aliphatic heterocycles. The van der Waals surface area contributed by atoms with Crippen molar-refractivity contribution in [3.05, 3.63) is 54.1 Å². The van der Waals surface area contributed by atoms with Crippen LogP contribution in [0.3, 0.4) is 0 Å². The van der Waals surface area contributed by atoms with Crippen molar-refractivity contribution in [2.45, 2.75) is 38.9 Å². The minimum absolute atomic E-state index is 0.104. The first-order valence-electron chi connectivity index (χ1n) is 9.56. The number of nitrogens with one attached hydrogen (secondary N) is 1. The molecule has 1 aromatic carbocycles. The van der Waals surface area contributed by atoms with Gasteiger partial charge in [0.1, 0.15) is 6.54 Å². The predicted molar refractivity (Wildman–Crippen MR) is 102 cm³/mol. The van der Waals surface area contributed by atoms with Gasteiger partial charge in [0, 0.05) is 11.8 Å². The van der Waals surface area contributed by atoms with E-state index in [9.17, 15) is 4.79 Å². The maximum atomic E-state index is 12.5. The van der Waals surface area contributed by atoms with Crippen LogP contribution in [0.4, 0.5) is 0 Å². The van der Waals surface area contributed by atoms with Crippen molar-refractivity contribution in [3.8, 4) is 5.69 Å². The fourth-order valence-electron chi connectivity index (χ4n) is 3.39. The number of aromatic nitrogens is 6.